The molecule has 2 aliphatic carbocycles. The first-order chi connectivity index (χ1) is 9.18. The summed E-state index contributed by atoms with van der Waals surface area (Å²) < 4.78 is 13.4. The number of amides is 2. The maximum atomic E-state index is 13.4. The van der Waals surface area contributed by atoms with E-state index < -0.39 is 0 Å². The topological polar surface area (TPSA) is 41.1 Å². The minimum Gasteiger partial charge on any atom is -0.335 e. The lowest BCUT2D eigenvalue weighted by Crippen LogP contribution is -2.49. The molecule has 2 amide bonds. The Morgan fingerprint density at radius 2 is 2.00 bits per heavy atom. The quantitative estimate of drug-likeness (QED) is 0.863. The molecule has 1 aromatic rings. The average Bonchev–Trinajstić information content (AvgIpc) is 3.05. The highest BCUT2D eigenvalue weighted by molar-refractivity contribution is 5.75. The Labute approximate surface area is 112 Å². The van der Waals surface area contributed by atoms with Gasteiger partial charge in [0.15, 0.2) is 0 Å². The lowest BCUT2D eigenvalue weighted by molar-refractivity contribution is 0.224. The van der Waals surface area contributed by atoms with Gasteiger partial charge < -0.3 is 10.6 Å². The van der Waals surface area contributed by atoms with E-state index in [0.717, 1.165) is 44.1 Å². The molecular formula is C15H19FN2O. The molecule has 3 rings (SSSR count). The third kappa shape index (κ3) is 2.72. The number of carbonyl (C=O) groups is 1. The van der Waals surface area contributed by atoms with Gasteiger partial charge in [0.25, 0.3) is 0 Å². The van der Waals surface area contributed by atoms with E-state index in [-0.39, 0.29) is 17.4 Å². The predicted molar refractivity (Wildman–Crippen MR) is 71.2 cm³/mol. The SMILES string of the molecule is O=C(NC1CC1)NC1(c2cccc(F)c2)CCCC1. The van der Waals surface area contributed by atoms with Crippen molar-refractivity contribution in [2.24, 2.45) is 0 Å². The van der Waals surface area contributed by atoms with E-state index in [9.17, 15) is 9.18 Å². The van der Waals surface area contributed by atoms with Crippen LogP contribution < -0.4 is 10.6 Å². The molecule has 0 aromatic heterocycles. The lowest BCUT2D eigenvalue weighted by Gasteiger charge is -2.31. The Kier molecular flexibility index (Phi) is 3.17. The van der Waals surface area contributed by atoms with Crippen LogP contribution in [0, 0.1) is 5.82 Å². The van der Waals surface area contributed by atoms with Crippen LogP contribution in [0.2, 0.25) is 0 Å². The molecule has 2 fully saturated rings. The van der Waals surface area contributed by atoms with Crippen molar-refractivity contribution in [3.63, 3.8) is 0 Å². The molecule has 19 heavy (non-hydrogen) atoms. The third-order valence-electron chi connectivity index (χ3n) is 4.10. The van der Waals surface area contributed by atoms with Crippen molar-refractivity contribution >= 4 is 6.03 Å². The van der Waals surface area contributed by atoms with Gasteiger partial charge in [-0.1, -0.05) is 25.0 Å². The van der Waals surface area contributed by atoms with Gasteiger partial charge in [0, 0.05) is 6.04 Å². The molecular weight excluding hydrogens is 243 g/mol. The molecule has 0 radical (unpaired) electrons. The Balaban J connectivity index is 1.79. The van der Waals surface area contributed by atoms with Gasteiger partial charge >= 0.3 is 6.03 Å². The number of nitrogens with one attached hydrogen (secondary N) is 2. The lowest BCUT2D eigenvalue weighted by atomic mass is 9.88. The Morgan fingerprint density at radius 1 is 1.26 bits per heavy atom. The molecule has 4 heteroatoms. The molecule has 0 bridgehead atoms. The predicted octanol–water partition coefficient (Wildman–Crippen LogP) is 3.06. The van der Waals surface area contributed by atoms with Crippen molar-refractivity contribution in [1.82, 2.24) is 10.6 Å². The van der Waals surface area contributed by atoms with Gasteiger partial charge in [-0.25, -0.2) is 9.18 Å². The summed E-state index contributed by atoms with van der Waals surface area (Å²) in [4.78, 5) is 12.0. The summed E-state index contributed by atoms with van der Waals surface area (Å²) in [5, 5.41) is 6.04. The van der Waals surface area contributed by atoms with E-state index in [0.29, 0.717) is 6.04 Å². The van der Waals surface area contributed by atoms with Crippen LogP contribution in [-0.2, 0) is 5.54 Å². The standard InChI is InChI=1S/C15H19FN2O/c16-12-5-3-4-11(10-12)15(8-1-2-9-15)18-14(19)17-13-6-7-13/h3-5,10,13H,1-2,6-9H2,(H2,17,18,19). The van der Waals surface area contributed by atoms with Crippen LogP contribution in [0.5, 0.6) is 0 Å². The van der Waals surface area contributed by atoms with Gasteiger partial charge in [-0.2, -0.15) is 0 Å². The highest BCUT2D eigenvalue weighted by Gasteiger charge is 2.38. The smallest absolute Gasteiger partial charge is 0.315 e. The first-order valence-electron chi connectivity index (χ1n) is 7.03. The zero-order valence-electron chi connectivity index (χ0n) is 10.9. The molecule has 2 saturated carbocycles. The summed E-state index contributed by atoms with van der Waals surface area (Å²) in [5.41, 5.74) is 0.497. The second kappa shape index (κ2) is 4.83. The molecule has 0 atom stereocenters. The van der Waals surface area contributed by atoms with Crippen LogP contribution >= 0.6 is 0 Å². The zero-order valence-corrected chi connectivity index (χ0v) is 10.9. The largest absolute Gasteiger partial charge is 0.335 e. The monoisotopic (exact) mass is 262 g/mol. The number of benzene rings is 1. The van der Waals surface area contributed by atoms with Crippen molar-refractivity contribution in [2.45, 2.75) is 50.1 Å². The van der Waals surface area contributed by atoms with E-state index in [4.69, 9.17) is 0 Å². The number of hydrogen-bond donors (Lipinski definition) is 2. The van der Waals surface area contributed by atoms with Crippen molar-refractivity contribution < 1.29 is 9.18 Å². The summed E-state index contributed by atoms with van der Waals surface area (Å²) in [5.74, 6) is -0.242. The van der Waals surface area contributed by atoms with Crippen LogP contribution in [0.15, 0.2) is 24.3 Å². The molecule has 2 aliphatic rings. The molecule has 0 saturated heterocycles. The third-order valence-corrected chi connectivity index (χ3v) is 4.10. The van der Waals surface area contributed by atoms with E-state index in [1.165, 1.54) is 6.07 Å². The maximum absolute atomic E-state index is 13.4. The van der Waals surface area contributed by atoms with Crippen LogP contribution in [0.3, 0.4) is 0 Å². The molecule has 0 unspecified atom stereocenters. The van der Waals surface area contributed by atoms with Crippen LogP contribution in [0.25, 0.3) is 0 Å². The van der Waals surface area contributed by atoms with Crippen LogP contribution in [-0.4, -0.2) is 12.1 Å². The molecule has 0 aliphatic heterocycles. The van der Waals surface area contributed by atoms with E-state index in [1.807, 2.05) is 6.07 Å². The summed E-state index contributed by atoms with van der Waals surface area (Å²) in [6.45, 7) is 0. The number of carbonyl (C=O) groups excluding carboxylic acids is 1. The van der Waals surface area contributed by atoms with Crippen molar-refractivity contribution in [3.8, 4) is 0 Å². The van der Waals surface area contributed by atoms with Gasteiger partial charge in [-0.05, 0) is 43.4 Å². The minimum absolute atomic E-state index is 0.117. The summed E-state index contributed by atoms with van der Waals surface area (Å²) in [6, 6.07) is 6.83. The van der Waals surface area contributed by atoms with Crippen molar-refractivity contribution in [2.75, 3.05) is 0 Å². The summed E-state index contributed by atoms with van der Waals surface area (Å²) in [6.07, 6.45) is 6.05. The van der Waals surface area contributed by atoms with Crippen LogP contribution in [0.1, 0.15) is 44.1 Å². The second-order valence-electron chi connectivity index (χ2n) is 5.67. The molecule has 0 heterocycles. The fourth-order valence-corrected chi connectivity index (χ4v) is 2.92. The Morgan fingerprint density at radius 3 is 2.63 bits per heavy atom. The van der Waals surface area contributed by atoms with Gasteiger partial charge in [-0.15, -0.1) is 0 Å². The molecule has 102 valence electrons. The average molecular weight is 262 g/mol. The Hall–Kier alpha value is -1.58. The fourth-order valence-electron chi connectivity index (χ4n) is 2.92. The van der Waals surface area contributed by atoms with Crippen molar-refractivity contribution in [1.29, 1.82) is 0 Å². The summed E-state index contributed by atoms with van der Waals surface area (Å²) in [7, 11) is 0. The van der Waals surface area contributed by atoms with Gasteiger partial charge in [0.05, 0.1) is 5.54 Å². The van der Waals surface area contributed by atoms with Gasteiger partial charge in [0.2, 0.25) is 0 Å². The second-order valence-corrected chi connectivity index (χ2v) is 5.67. The van der Waals surface area contributed by atoms with E-state index in [2.05, 4.69) is 10.6 Å². The highest BCUT2D eigenvalue weighted by Crippen LogP contribution is 2.39. The Bertz CT molecular complexity index is 479. The normalized spacial score (nSPS) is 21.1. The summed E-state index contributed by atoms with van der Waals surface area (Å²) >= 11 is 0. The van der Waals surface area contributed by atoms with Gasteiger partial charge in [-0.3, -0.25) is 0 Å². The first-order valence-corrected chi connectivity index (χ1v) is 7.03. The number of urea groups is 1. The van der Waals surface area contributed by atoms with E-state index in [1.54, 1.807) is 12.1 Å². The molecule has 2 N–H and O–H groups in total. The number of rotatable bonds is 3. The molecule has 1 aromatic carbocycles. The van der Waals surface area contributed by atoms with E-state index >= 15 is 0 Å². The van der Waals surface area contributed by atoms with Gasteiger partial charge in [0.1, 0.15) is 5.82 Å². The fraction of sp³-hybridized carbons (Fsp3) is 0.533. The van der Waals surface area contributed by atoms with Crippen LogP contribution in [0.4, 0.5) is 9.18 Å². The van der Waals surface area contributed by atoms with Crippen molar-refractivity contribution in [3.05, 3.63) is 35.6 Å². The maximum Gasteiger partial charge on any atom is 0.315 e. The number of hydrogen-bond acceptors (Lipinski definition) is 1. The zero-order chi connectivity index (χ0) is 13.3. The minimum atomic E-state index is -0.388. The highest BCUT2D eigenvalue weighted by atomic mass is 19.1. The first kappa shape index (κ1) is 12.5. The molecule has 3 nitrogen and oxygen atoms in total. The molecule has 0 spiro atoms. The number of halogens is 1.